The van der Waals surface area contributed by atoms with Crippen molar-refractivity contribution in [2.24, 2.45) is 5.92 Å². The van der Waals surface area contributed by atoms with E-state index in [-0.39, 0.29) is 24.6 Å². The molecule has 2 rings (SSSR count). The molecule has 2 aliphatic heterocycles. The van der Waals surface area contributed by atoms with Crippen molar-refractivity contribution >= 4 is 5.91 Å². The first-order valence-electron chi connectivity index (χ1n) is 6.46. The fourth-order valence-corrected chi connectivity index (χ4v) is 2.66. The summed E-state index contributed by atoms with van der Waals surface area (Å²) in [6.07, 6.45) is 2.23. The third-order valence-corrected chi connectivity index (χ3v) is 3.76. The molecule has 0 aliphatic carbocycles. The average Bonchev–Trinajstić information content (AvgIpc) is 2.38. The van der Waals surface area contributed by atoms with Gasteiger partial charge >= 0.3 is 0 Å². The second-order valence-electron chi connectivity index (χ2n) is 4.99. The van der Waals surface area contributed by atoms with Crippen molar-refractivity contribution in [3.63, 3.8) is 0 Å². The van der Waals surface area contributed by atoms with Crippen LogP contribution in [-0.4, -0.2) is 60.9 Å². The van der Waals surface area contributed by atoms with Gasteiger partial charge in [0, 0.05) is 6.54 Å². The second-order valence-corrected chi connectivity index (χ2v) is 4.99. The van der Waals surface area contributed by atoms with Crippen molar-refractivity contribution in [2.45, 2.75) is 31.8 Å². The number of aliphatic hydroxyl groups excluding tert-OH is 1. The highest BCUT2D eigenvalue weighted by Gasteiger charge is 2.35. The Balaban J connectivity index is 2.01. The summed E-state index contributed by atoms with van der Waals surface area (Å²) >= 11 is 0. The van der Waals surface area contributed by atoms with E-state index in [1.165, 1.54) is 0 Å². The summed E-state index contributed by atoms with van der Waals surface area (Å²) in [6, 6.07) is -0.261. The molecule has 3 atom stereocenters. The molecule has 0 aromatic heterocycles. The van der Waals surface area contributed by atoms with E-state index >= 15 is 0 Å². The molecular formula is C12H22N2O3. The normalized spacial score (nSPS) is 34.7. The van der Waals surface area contributed by atoms with Crippen LogP contribution in [0.1, 0.15) is 19.8 Å². The van der Waals surface area contributed by atoms with Crippen LogP contribution in [0.4, 0.5) is 0 Å². The lowest BCUT2D eigenvalue weighted by Crippen LogP contribution is -2.58. The van der Waals surface area contributed by atoms with Crippen molar-refractivity contribution in [2.75, 3.05) is 32.9 Å². The zero-order valence-electron chi connectivity index (χ0n) is 10.4. The first-order chi connectivity index (χ1) is 8.24. The van der Waals surface area contributed by atoms with Crippen molar-refractivity contribution in [3.8, 4) is 0 Å². The Bertz CT molecular complexity index is 272. The summed E-state index contributed by atoms with van der Waals surface area (Å²) in [6.45, 7) is 4.62. The molecule has 0 radical (unpaired) electrons. The number of rotatable bonds is 2. The number of ether oxygens (including phenoxy) is 1. The fraction of sp³-hybridized carbons (Fsp3) is 0.917. The Labute approximate surface area is 102 Å². The van der Waals surface area contributed by atoms with Gasteiger partial charge in [-0.2, -0.15) is 0 Å². The van der Waals surface area contributed by atoms with Gasteiger partial charge in [-0.05, 0) is 25.3 Å². The first kappa shape index (κ1) is 12.8. The van der Waals surface area contributed by atoms with Crippen molar-refractivity contribution < 1.29 is 14.6 Å². The molecule has 3 unspecified atom stereocenters. The molecule has 0 aromatic rings. The monoisotopic (exact) mass is 242 g/mol. The number of carbonyl (C=O) groups excluding carboxylic acids is 1. The van der Waals surface area contributed by atoms with Gasteiger partial charge in [0.15, 0.2) is 0 Å². The summed E-state index contributed by atoms with van der Waals surface area (Å²) in [5.41, 5.74) is 0. The Morgan fingerprint density at radius 1 is 1.59 bits per heavy atom. The summed E-state index contributed by atoms with van der Waals surface area (Å²) in [4.78, 5) is 14.2. The highest BCUT2D eigenvalue weighted by Crippen LogP contribution is 2.19. The van der Waals surface area contributed by atoms with Gasteiger partial charge in [0.2, 0.25) is 5.91 Å². The van der Waals surface area contributed by atoms with E-state index in [2.05, 4.69) is 12.2 Å². The molecule has 17 heavy (non-hydrogen) atoms. The molecular weight excluding hydrogens is 220 g/mol. The van der Waals surface area contributed by atoms with Gasteiger partial charge in [0.25, 0.3) is 0 Å². The Morgan fingerprint density at radius 3 is 3.12 bits per heavy atom. The van der Waals surface area contributed by atoms with E-state index in [0.717, 1.165) is 19.4 Å². The lowest BCUT2D eigenvalue weighted by Gasteiger charge is -2.39. The number of hydrogen-bond acceptors (Lipinski definition) is 4. The van der Waals surface area contributed by atoms with Crippen molar-refractivity contribution in [3.05, 3.63) is 0 Å². The van der Waals surface area contributed by atoms with E-state index in [9.17, 15) is 9.90 Å². The van der Waals surface area contributed by atoms with Crippen LogP contribution in [0.15, 0.2) is 0 Å². The Kier molecular flexibility index (Phi) is 4.36. The van der Waals surface area contributed by atoms with Crippen LogP contribution in [0.5, 0.6) is 0 Å². The van der Waals surface area contributed by atoms with Gasteiger partial charge < -0.3 is 20.1 Å². The SMILES string of the molecule is CC1CCCNC1C(=O)N1CCOCC1CO. The minimum atomic E-state index is -0.174. The molecule has 5 nitrogen and oxygen atoms in total. The number of aliphatic hydroxyl groups is 1. The fourth-order valence-electron chi connectivity index (χ4n) is 2.66. The van der Waals surface area contributed by atoms with Crippen LogP contribution in [0, 0.1) is 5.92 Å². The van der Waals surface area contributed by atoms with Crippen molar-refractivity contribution in [1.29, 1.82) is 0 Å². The summed E-state index contributed by atoms with van der Waals surface area (Å²) in [7, 11) is 0. The van der Waals surface area contributed by atoms with Crippen molar-refractivity contribution in [1.82, 2.24) is 10.2 Å². The maximum absolute atomic E-state index is 12.4. The van der Waals surface area contributed by atoms with Crippen LogP contribution >= 0.6 is 0 Å². The van der Waals surface area contributed by atoms with Crippen LogP contribution in [0.2, 0.25) is 0 Å². The first-order valence-corrected chi connectivity index (χ1v) is 6.46. The number of morpholine rings is 1. The highest BCUT2D eigenvalue weighted by molar-refractivity contribution is 5.82. The molecule has 1 amide bonds. The second kappa shape index (κ2) is 5.80. The van der Waals surface area contributed by atoms with Crippen LogP contribution in [0.3, 0.4) is 0 Å². The molecule has 0 bridgehead atoms. The molecule has 2 saturated heterocycles. The molecule has 2 aliphatic rings. The summed E-state index contributed by atoms with van der Waals surface area (Å²) in [5, 5.41) is 12.6. The number of nitrogens with one attached hydrogen (secondary N) is 1. The van der Waals surface area contributed by atoms with E-state index in [0.29, 0.717) is 25.7 Å². The van der Waals surface area contributed by atoms with E-state index in [1.807, 2.05) is 0 Å². The Morgan fingerprint density at radius 2 is 2.41 bits per heavy atom. The molecule has 2 fully saturated rings. The minimum absolute atomic E-state index is 0.0210. The van der Waals surface area contributed by atoms with Gasteiger partial charge in [0.05, 0.1) is 31.9 Å². The number of nitrogens with zero attached hydrogens (tertiary/aromatic N) is 1. The molecule has 5 heteroatoms. The number of piperidine rings is 1. The minimum Gasteiger partial charge on any atom is -0.394 e. The maximum Gasteiger partial charge on any atom is 0.240 e. The summed E-state index contributed by atoms with van der Waals surface area (Å²) in [5.74, 6) is 0.498. The number of carbonyl (C=O) groups is 1. The van der Waals surface area contributed by atoms with Crippen LogP contribution in [-0.2, 0) is 9.53 Å². The van der Waals surface area contributed by atoms with Crippen LogP contribution in [0.25, 0.3) is 0 Å². The molecule has 2 N–H and O–H groups in total. The largest absolute Gasteiger partial charge is 0.394 e. The van der Waals surface area contributed by atoms with Gasteiger partial charge in [-0.1, -0.05) is 6.92 Å². The predicted molar refractivity (Wildman–Crippen MR) is 63.6 cm³/mol. The lowest BCUT2D eigenvalue weighted by molar-refractivity contribution is -0.145. The quantitative estimate of drug-likeness (QED) is 0.691. The summed E-state index contributed by atoms with van der Waals surface area (Å²) < 4.78 is 5.29. The van der Waals surface area contributed by atoms with Crippen LogP contribution < -0.4 is 5.32 Å². The number of amides is 1. The Hall–Kier alpha value is -0.650. The van der Waals surface area contributed by atoms with Gasteiger partial charge in [-0.15, -0.1) is 0 Å². The molecule has 0 saturated carbocycles. The van der Waals surface area contributed by atoms with Gasteiger partial charge in [0.1, 0.15) is 0 Å². The average molecular weight is 242 g/mol. The number of hydrogen-bond donors (Lipinski definition) is 2. The van der Waals surface area contributed by atoms with E-state index < -0.39 is 0 Å². The van der Waals surface area contributed by atoms with Gasteiger partial charge in [-0.3, -0.25) is 4.79 Å². The maximum atomic E-state index is 12.4. The zero-order chi connectivity index (χ0) is 12.3. The van der Waals surface area contributed by atoms with Gasteiger partial charge in [-0.25, -0.2) is 0 Å². The molecule has 0 spiro atoms. The molecule has 0 aromatic carbocycles. The zero-order valence-corrected chi connectivity index (χ0v) is 10.4. The topological polar surface area (TPSA) is 61.8 Å². The van der Waals surface area contributed by atoms with E-state index in [4.69, 9.17) is 4.74 Å². The third kappa shape index (κ3) is 2.78. The third-order valence-electron chi connectivity index (χ3n) is 3.76. The lowest BCUT2D eigenvalue weighted by atomic mass is 9.91. The molecule has 98 valence electrons. The highest BCUT2D eigenvalue weighted by atomic mass is 16.5. The smallest absolute Gasteiger partial charge is 0.240 e. The standard InChI is InChI=1S/C12H22N2O3/c1-9-3-2-4-13-11(9)12(16)14-5-6-17-8-10(14)7-15/h9-11,13,15H,2-8H2,1H3. The van der Waals surface area contributed by atoms with E-state index in [1.54, 1.807) is 4.90 Å². The molecule has 2 heterocycles. The predicted octanol–water partition coefficient (Wildman–Crippen LogP) is -0.406.